The lowest BCUT2D eigenvalue weighted by Gasteiger charge is -2.28. The number of quaternary nitrogens is 1. The van der Waals surface area contributed by atoms with E-state index in [2.05, 4.69) is 98.9 Å². The van der Waals surface area contributed by atoms with Crippen molar-refractivity contribution in [1.29, 1.82) is 0 Å². The van der Waals surface area contributed by atoms with Gasteiger partial charge in [-0.1, -0.05) is 142 Å². The van der Waals surface area contributed by atoms with Gasteiger partial charge in [0, 0.05) is 12.8 Å². The molecule has 0 saturated carbocycles. The normalized spacial score (nSPS) is 15.1. The number of aliphatic hydroxyl groups is 1. The molecule has 0 aliphatic rings. The summed E-state index contributed by atoms with van der Waals surface area (Å²) in [6.45, 7) is 3.79. The van der Waals surface area contributed by atoms with Crippen LogP contribution in [0.5, 0.6) is 0 Å². The number of esters is 2. The number of carbonyl (C=O) groups is 2. The van der Waals surface area contributed by atoms with Crippen molar-refractivity contribution in [3.05, 3.63) is 109 Å². The van der Waals surface area contributed by atoms with Gasteiger partial charge in [-0.3, -0.25) is 14.2 Å². The summed E-state index contributed by atoms with van der Waals surface area (Å²) in [5.74, 6) is -1.09. The maximum Gasteiger partial charge on any atom is 0.306 e. The molecule has 0 amide bonds. The Morgan fingerprint density at radius 3 is 1.70 bits per heavy atom. The number of allylic oxidation sites excluding steroid dienone is 17. The van der Waals surface area contributed by atoms with E-state index in [1.165, 1.54) is 19.3 Å². The van der Waals surface area contributed by atoms with Gasteiger partial charge in [0.15, 0.2) is 6.10 Å². The van der Waals surface area contributed by atoms with Crippen LogP contribution in [-0.2, 0) is 32.7 Å². The van der Waals surface area contributed by atoms with Crippen LogP contribution in [0.15, 0.2) is 109 Å². The Hall–Kier alpha value is -3.37. The van der Waals surface area contributed by atoms with Crippen LogP contribution in [0.4, 0.5) is 0 Å². The van der Waals surface area contributed by atoms with Crippen LogP contribution in [0.25, 0.3) is 0 Å². The van der Waals surface area contributed by atoms with Crippen molar-refractivity contribution < 1.29 is 47.2 Å². The van der Waals surface area contributed by atoms with Crippen molar-refractivity contribution in [3.63, 3.8) is 0 Å². The van der Waals surface area contributed by atoms with Crippen molar-refractivity contribution in [1.82, 2.24) is 0 Å². The molecule has 346 valence electrons. The molecule has 0 aliphatic heterocycles. The minimum atomic E-state index is -4.70. The molecule has 0 saturated heterocycles. The summed E-state index contributed by atoms with van der Waals surface area (Å²) in [5, 5.41) is 10.3. The lowest BCUT2D eigenvalue weighted by Crippen LogP contribution is -2.37. The van der Waals surface area contributed by atoms with Crippen molar-refractivity contribution >= 4 is 19.8 Å². The first kappa shape index (κ1) is 57.6. The number of likely N-dealkylation sites (N-methyl/N-ethyl adjacent to an activating group) is 1. The minimum absolute atomic E-state index is 0.0179. The van der Waals surface area contributed by atoms with E-state index in [-0.39, 0.29) is 26.1 Å². The van der Waals surface area contributed by atoms with E-state index in [0.717, 1.165) is 70.6 Å². The van der Waals surface area contributed by atoms with Gasteiger partial charge in [0.05, 0.1) is 33.9 Å². The molecule has 0 fully saturated rings. The number of ether oxygens (including phenoxy) is 2. The second-order valence-electron chi connectivity index (χ2n) is 15.9. The summed E-state index contributed by atoms with van der Waals surface area (Å²) in [5.41, 5.74) is 0. The predicted octanol–water partition coefficient (Wildman–Crippen LogP) is 11.5. The molecule has 61 heavy (non-hydrogen) atoms. The first-order chi connectivity index (χ1) is 29.4. The average Bonchev–Trinajstić information content (AvgIpc) is 3.21. The molecule has 0 bridgehead atoms. The molecule has 0 rings (SSSR count). The van der Waals surface area contributed by atoms with E-state index in [1.807, 2.05) is 33.3 Å². The Bertz CT molecular complexity index is 1420. The lowest BCUT2D eigenvalue weighted by atomic mass is 10.1. The second kappa shape index (κ2) is 40.7. The summed E-state index contributed by atoms with van der Waals surface area (Å²) in [4.78, 5) is 37.6. The fourth-order valence-electron chi connectivity index (χ4n) is 5.31. The van der Waals surface area contributed by atoms with E-state index < -0.39 is 38.6 Å². The number of unbranched alkanes of at least 4 members (excludes halogenated alkanes) is 6. The Kier molecular flexibility index (Phi) is 38.4. The fourth-order valence-corrected chi connectivity index (χ4v) is 6.04. The Balaban J connectivity index is 4.62. The van der Waals surface area contributed by atoms with Crippen molar-refractivity contribution in [2.45, 2.75) is 148 Å². The SMILES string of the molecule is CC/C=C\C/C=C\C/C=C\C/C=C\C/C=C\CCCCCC(=O)OC[C@H](COP(=O)([O-])OCC[N+](C)(C)C)OC(=O)CCC[C@@H](O)/C=C/C=C\C/C=C\C/C=C\CCCCC. The van der Waals surface area contributed by atoms with E-state index in [0.29, 0.717) is 30.3 Å². The summed E-state index contributed by atoms with van der Waals surface area (Å²) < 4.78 is 33.7. The highest BCUT2D eigenvalue weighted by Crippen LogP contribution is 2.38. The van der Waals surface area contributed by atoms with Crippen LogP contribution in [0, 0.1) is 0 Å². The average molecular weight is 872 g/mol. The van der Waals surface area contributed by atoms with Gasteiger partial charge in [-0.15, -0.1) is 0 Å². The maximum absolute atomic E-state index is 12.7. The third kappa shape index (κ3) is 44.5. The van der Waals surface area contributed by atoms with E-state index >= 15 is 0 Å². The van der Waals surface area contributed by atoms with Crippen LogP contribution >= 0.6 is 7.82 Å². The van der Waals surface area contributed by atoms with Crippen LogP contribution in [0.2, 0.25) is 0 Å². The topological polar surface area (TPSA) is 131 Å². The number of nitrogens with zero attached hydrogens (tertiary/aromatic N) is 1. The highest BCUT2D eigenvalue weighted by molar-refractivity contribution is 7.45. The predicted molar refractivity (Wildman–Crippen MR) is 251 cm³/mol. The molecule has 0 aromatic carbocycles. The summed E-state index contributed by atoms with van der Waals surface area (Å²) in [7, 11) is 1.01. The summed E-state index contributed by atoms with van der Waals surface area (Å²) in [6, 6.07) is 0. The van der Waals surface area contributed by atoms with Crippen LogP contribution in [0.3, 0.4) is 0 Å². The standard InChI is InChI=1S/C50H82NO9P/c1-6-8-10-12-14-16-18-20-21-22-23-24-25-27-29-31-33-35-37-41-49(53)57-45-48(46-59-61(55,56)58-44-43-51(3,4)5)60-50(54)42-38-40-47(52)39-36-34-32-30-28-26-19-17-15-13-11-9-7-2/h8,10,14-17,20-21,23-24,26-29,32,34,36,39,47-48,52H,6-7,9,11-13,18-19,22,25,30-31,33,35,37-38,40-46H2,1-5H3/b10-8-,16-14-,17-15-,21-20-,24-23-,28-26-,29-27-,34-32-,39-36+/t47-,48+/m0/s1. The number of hydrogen-bond acceptors (Lipinski definition) is 9. The summed E-state index contributed by atoms with van der Waals surface area (Å²) >= 11 is 0. The van der Waals surface area contributed by atoms with Crippen molar-refractivity contribution in [3.8, 4) is 0 Å². The molecule has 10 nitrogen and oxygen atoms in total. The highest BCUT2D eigenvalue weighted by Gasteiger charge is 2.22. The molecule has 0 aromatic rings. The molecule has 0 aromatic heterocycles. The Labute approximate surface area is 370 Å². The minimum Gasteiger partial charge on any atom is -0.756 e. The number of aliphatic hydroxyl groups excluding tert-OH is 1. The van der Waals surface area contributed by atoms with Gasteiger partial charge in [0.2, 0.25) is 0 Å². The first-order valence-electron chi connectivity index (χ1n) is 22.7. The van der Waals surface area contributed by atoms with E-state index in [1.54, 1.807) is 12.2 Å². The van der Waals surface area contributed by atoms with Crippen LogP contribution < -0.4 is 4.89 Å². The van der Waals surface area contributed by atoms with Gasteiger partial charge in [-0.25, -0.2) is 0 Å². The van der Waals surface area contributed by atoms with Crippen LogP contribution in [-0.4, -0.2) is 81.2 Å². The van der Waals surface area contributed by atoms with Crippen LogP contribution in [0.1, 0.15) is 136 Å². The molecule has 11 heteroatoms. The van der Waals surface area contributed by atoms with Gasteiger partial charge >= 0.3 is 11.9 Å². The molecule has 0 heterocycles. The number of phosphoric acid groups is 1. The highest BCUT2D eigenvalue weighted by atomic mass is 31.2. The van der Waals surface area contributed by atoms with Gasteiger partial charge in [0.25, 0.3) is 7.82 Å². The van der Waals surface area contributed by atoms with Gasteiger partial charge in [-0.2, -0.15) is 0 Å². The van der Waals surface area contributed by atoms with Crippen molar-refractivity contribution in [2.24, 2.45) is 0 Å². The van der Waals surface area contributed by atoms with Gasteiger partial charge in [0.1, 0.15) is 19.8 Å². The monoisotopic (exact) mass is 872 g/mol. The molecule has 1 unspecified atom stereocenters. The smallest absolute Gasteiger partial charge is 0.306 e. The maximum atomic E-state index is 12.7. The molecule has 0 aliphatic carbocycles. The lowest BCUT2D eigenvalue weighted by molar-refractivity contribution is -0.870. The molecule has 0 radical (unpaired) electrons. The zero-order valence-electron chi connectivity index (χ0n) is 38.4. The zero-order valence-corrected chi connectivity index (χ0v) is 39.3. The Morgan fingerprint density at radius 1 is 0.623 bits per heavy atom. The van der Waals surface area contributed by atoms with E-state index in [4.69, 9.17) is 18.5 Å². The zero-order chi connectivity index (χ0) is 45.1. The fraction of sp³-hybridized carbons (Fsp3) is 0.600. The first-order valence-corrected chi connectivity index (χ1v) is 24.2. The molecular weight excluding hydrogens is 790 g/mol. The van der Waals surface area contributed by atoms with Crippen molar-refractivity contribution in [2.75, 3.05) is 47.5 Å². The van der Waals surface area contributed by atoms with E-state index in [9.17, 15) is 24.2 Å². The third-order valence-corrected chi connectivity index (χ3v) is 9.85. The second-order valence-corrected chi connectivity index (χ2v) is 17.3. The molecular formula is C50H82NO9P. The largest absolute Gasteiger partial charge is 0.756 e. The molecule has 0 spiro atoms. The molecule has 1 N–H and O–H groups in total. The van der Waals surface area contributed by atoms with Gasteiger partial charge in [-0.05, 0) is 89.9 Å². The molecule has 3 atom stereocenters. The number of carbonyl (C=O) groups excluding carboxylic acids is 2. The summed E-state index contributed by atoms with van der Waals surface area (Å²) in [6.07, 6.45) is 51.5. The number of rotatable bonds is 39. The Morgan fingerprint density at radius 2 is 1.15 bits per heavy atom. The number of phosphoric ester groups is 1. The quantitative estimate of drug-likeness (QED) is 0.0160. The number of hydrogen-bond donors (Lipinski definition) is 1. The van der Waals surface area contributed by atoms with Gasteiger partial charge < -0.3 is 33.0 Å². The third-order valence-electron chi connectivity index (χ3n) is 8.88.